The number of carbonyl (C=O) groups is 1. The van der Waals surface area contributed by atoms with E-state index in [2.05, 4.69) is 16.7 Å². The van der Waals surface area contributed by atoms with Crippen molar-refractivity contribution in [2.24, 2.45) is 0 Å². The predicted molar refractivity (Wildman–Crippen MR) is 58.5 cm³/mol. The van der Waals surface area contributed by atoms with Crippen LogP contribution in [0.4, 0.5) is 5.69 Å². The molecule has 0 saturated carbocycles. The fourth-order valence-electron chi connectivity index (χ4n) is 1.19. The highest BCUT2D eigenvalue weighted by molar-refractivity contribution is 5.80. The van der Waals surface area contributed by atoms with Crippen molar-refractivity contribution >= 4 is 11.6 Å². The second kappa shape index (κ2) is 4.65. The number of likely N-dealkylation sites (N-methyl/N-ethyl adjacent to an activating group) is 1. The van der Waals surface area contributed by atoms with Gasteiger partial charge in [-0.25, -0.2) is 0 Å². The molecule has 1 aromatic carbocycles. The summed E-state index contributed by atoms with van der Waals surface area (Å²) in [6.07, 6.45) is 0. The zero-order valence-electron chi connectivity index (χ0n) is 8.85. The second-order valence-corrected chi connectivity index (χ2v) is 3.35. The van der Waals surface area contributed by atoms with Crippen LogP contribution in [0.1, 0.15) is 11.1 Å². The maximum absolute atomic E-state index is 11.0. The van der Waals surface area contributed by atoms with Crippen LogP contribution in [0.3, 0.4) is 0 Å². The first-order valence-corrected chi connectivity index (χ1v) is 4.65. The van der Waals surface area contributed by atoms with Crippen LogP contribution in [0.15, 0.2) is 18.2 Å². The van der Waals surface area contributed by atoms with Gasteiger partial charge in [-0.1, -0.05) is 12.1 Å². The van der Waals surface area contributed by atoms with Crippen LogP contribution in [-0.2, 0) is 4.79 Å². The zero-order valence-corrected chi connectivity index (χ0v) is 8.85. The van der Waals surface area contributed by atoms with Gasteiger partial charge in [0.15, 0.2) is 0 Å². The van der Waals surface area contributed by atoms with Gasteiger partial charge in [-0.15, -0.1) is 0 Å². The van der Waals surface area contributed by atoms with Crippen molar-refractivity contribution in [1.82, 2.24) is 5.32 Å². The van der Waals surface area contributed by atoms with E-state index in [0.29, 0.717) is 6.54 Å². The average molecular weight is 192 g/mol. The number of anilines is 1. The molecule has 0 fully saturated rings. The van der Waals surface area contributed by atoms with Gasteiger partial charge >= 0.3 is 0 Å². The maximum Gasteiger partial charge on any atom is 0.239 e. The molecular formula is C11H16N2O. The number of amides is 1. The van der Waals surface area contributed by atoms with Gasteiger partial charge in [0.25, 0.3) is 0 Å². The molecule has 0 spiro atoms. The van der Waals surface area contributed by atoms with Crippen molar-refractivity contribution in [3.63, 3.8) is 0 Å². The highest BCUT2D eigenvalue weighted by Gasteiger charge is 2.00. The molecule has 1 aromatic rings. The molecule has 76 valence electrons. The van der Waals surface area contributed by atoms with E-state index in [1.165, 1.54) is 5.56 Å². The minimum atomic E-state index is -0.00842. The number of carbonyl (C=O) groups excluding carboxylic acids is 1. The van der Waals surface area contributed by atoms with Gasteiger partial charge in [0.2, 0.25) is 5.91 Å². The van der Waals surface area contributed by atoms with Crippen molar-refractivity contribution in [3.05, 3.63) is 29.3 Å². The second-order valence-electron chi connectivity index (χ2n) is 3.35. The summed E-state index contributed by atoms with van der Waals surface area (Å²) in [5, 5.41) is 5.66. The summed E-state index contributed by atoms with van der Waals surface area (Å²) in [5.41, 5.74) is 3.36. The third-order valence-corrected chi connectivity index (χ3v) is 2.11. The van der Waals surface area contributed by atoms with Gasteiger partial charge in [-0.3, -0.25) is 4.79 Å². The minimum Gasteiger partial charge on any atom is -0.376 e. The Morgan fingerprint density at radius 3 is 2.71 bits per heavy atom. The summed E-state index contributed by atoms with van der Waals surface area (Å²) in [5.74, 6) is -0.00842. The van der Waals surface area contributed by atoms with Gasteiger partial charge in [0.1, 0.15) is 0 Å². The van der Waals surface area contributed by atoms with Crippen LogP contribution in [-0.4, -0.2) is 19.5 Å². The number of hydrogen-bond donors (Lipinski definition) is 2. The van der Waals surface area contributed by atoms with Crippen molar-refractivity contribution < 1.29 is 4.79 Å². The van der Waals surface area contributed by atoms with E-state index in [1.807, 2.05) is 26.0 Å². The fraction of sp³-hybridized carbons (Fsp3) is 0.364. The predicted octanol–water partition coefficient (Wildman–Crippen LogP) is 1.46. The van der Waals surface area contributed by atoms with E-state index in [-0.39, 0.29) is 5.91 Å². The van der Waals surface area contributed by atoms with E-state index >= 15 is 0 Å². The highest BCUT2D eigenvalue weighted by atomic mass is 16.1. The molecule has 3 heteroatoms. The SMILES string of the molecule is CNC(=O)CNc1cc(C)ccc1C. The summed E-state index contributed by atoms with van der Waals surface area (Å²) in [6.45, 7) is 4.37. The van der Waals surface area contributed by atoms with Crippen LogP contribution in [0.25, 0.3) is 0 Å². The third-order valence-electron chi connectivity index (χ3n) is 2.11. The first-order valence-electron chi connectivity index (χ1n) is 4.65. The quantitative estimate of drug-likeness (QED) is 0.761. The molecule has 3 nitrogen and oxygen atoms in total. The number of rotatable bonds is 3. The van der Waals surface area contributed by atoms with Crippen molar-refractivity contribution in [2.75, 3.05) is 18.9 Å². The monoisotopic (exact) mass is 192 g/mol. The van der Waals surface area contributed by atoms with Crippen LogP contribution < -0.4 is 10.6 Å². The lowest BCUT2D eigenvalue weighted by Gasteiger charge is -2.09. The van der Waals surface area contributed by atoms with Gasteiger partial charge in [-0.05, 0) is 31.0 Å². The molecule has 0 heterocycles. The highest BCUT2D eigenvalue weighted by Crippen LogP contribution is 2.15. The molecular weight excluding hydrogens is 176 g/mol. The first-order chi connectivity index (χ1) is 6.63. The Balaban J connectivity index is 2.66. The molecule has 0 atom stereocenters. The fourth-order valence-corrected chi connectivity index (χ4v) is 1.19. The third kappa shape index (κ3) is 2.76. The molecule has 14 heavy (non-hydrogen) atoms. The van der Waals surface area contributed by atoms with E-state index in [1.54, 1.807) is 7.05 Å². The van der Waals surface area contributed by atoms with Crippen LogP contribution in [0.2, 0.25) is 0 Å². The van der Waals surface area contributed by atoms with Gasteiger partial charge in [0, 0.05) is 12.7 Å². The molecule has 0 aliphatic rings. The van der Waals surface area contributed by atoms with Crippen LogP contribution >= 0.6 is 0 Å². The zero-order chi connectivity index (χ0) is 10.6. The Hall–Kier alpha value is -1.51. The first kappa shape index (κ1) is 10.6. The molecule has 1 rings (SSSR count). The van der Waals surface area contributed by atoms with Gasteiger partial charge in [0.05, 0.1) is 6.54 Å². The topological polar surface area (TPSA) is 41.1 Å². The molecule has 0 unspecified atom stereocenters. The number of hydrogen-bond acceptors (Lipinski definition) is 2. The Morgan fingerprint density at radius 1 is 1.36 bits per heavy atom. The van der Waals surface area contributed by atoms with Crippen LogP contribution in [0, 0.1) is 13.8 Å². The number of aryl methyl sites for hydroxylation is 2. The number of nitrogens with one attached hydrogen (secondary N) is 2. The van der Waals surface area contributed by atoms with Crippen molar-refractivity contribution in [1.29, 1.82) is 0 Å². The maximum atomic E-state index is 11.0. The Kier molecular flexibility index (Phi) is 3.51. The smallest absolute Gasteiger partial charge is 0.239 e. The van der Waals surface area contributed by atoms with Crippen molar-refractivity contribution in [3.8, 4) is 0 Å². The molecule has 0 saturated heterocycles. The van der Waals surface area contributed by atoms with Crippen LogP contribution in [0.5, 0.6) is 0 Å². The Labute approximate surface area is 84.5 Å². The molecule has 0 bridgehead atoms. The van der Waals surface area contributed by atoms with Gasteiger partial charge < -0.3 is 10.6 Å². The summed E-state index contributed by atoms with van der Waals surface area (Å²) in [4.78, 5) is 11.0. The largest absolute Gasteiger partial charge is 0.376 e. The van der Waals surface area contributed by atoms with E-state index in [0.717, 1.165) is 11.3 Å². The summed E-state index contributed by atoms with van der Waals surface area (Å²) in [6, 6.07) is 6.14. The lowest BCUT2D eigenvalue weighted by Crippen LogP contribution is -2.26. The standard InChI is InChI=1S/C11H16N2O/c1-8-4-5-9(2)10(6-8)13-7-11(14)12-3/h4-6,13H,7H2,1-3H3,(H,12,14). The normalized spacial score (nSPS) is 9.64. The minimum absolute atomic E-state index is 0.00842. The molecule has 2 N–H and O–H groups in total. The van der Waals surface area contributed by atoms with E-state index < -0.39 is 0 Å². The average Bonchev–Trinajstić information content (AvgIpc) is 2.19. The lowest BCUT2D eigenvalue weighted by atomic mass is 10.1. The Bertz CT molecular complexity index is 334. The number of benzene rings is 1. The summed E-state index contributed by atoms with van der Waals surface area (Å²) < 4.78 is 0. The van der Waals surface area contributed by atoms with E-state index in [4.69, 9.17) is 0 Å². The summed E-state index contributed by atoms with van der Waals surface area (Å²) in [7, 11) is 1.63. The molecule has 0 aliphatic heterocycles. The molecule has 1 amide bonds. The molecule has 0 radical (unpaired) electrons. The Morgan fingerprint density at radius 2 is 2.07 bits per heavy atom. The van der Waals surface area contributed by atoms with Gasteiger partial charge in [-0.2, -0.15) is 0 Å². The van der Waals surface area contributed by atoms with E-state index in [9.17, 15) is 4.79 Å². The van der Waals surface area contributed by atoms with Crippen molar-refractivity contribution in [2.45, 2.75) is 13.8 Å². The molecule has 0 aromatic heterocycles. The summed E-state index contributed by atoms with van der Waals surface area (Å²) >= 11 is 0. The molecule has 0 aliphatic carbocycles. The lowest BCUT2D eigenvalue weighted by molar-refractivity contribution is -0.118.